The van der Waals surface area contributed by atoms with E-state index in [-0.39, 0.29) is 12.4 Å². The van der Waals surface area contributed by atoms with Gasteiger partial charge in [-0.15, -0.1) is 0 Å². The topological polar surface area (TPSA) is 56.8 Å². The molecule has 0 aliphatic carbocycles. The Morgan fingerprint density at radius 2 is 1.42 bits per heavy atom. The molecule has 0 aromatic rings. The zero-order valence-corrected chi connectivity index (χ0v) is 13.2. The molecular formula is C14H31NO4. The van der Waals surface area contributed by atoms with Gasteiger partial charge in [0.2, 0.25) is 0 Å². The van der Waals surface area contributed by atoms with E-state index in [9.17, 15) is 4.79 Å². The number of hydrogen-bond acceptors (Lipinski definition) is 5. The van der Waals surface area contributed by atoms with Crippen LogP contribution in [-0.2, 0) is 19.0 Å². The molecule has 0 unspecified atom stereocenters. The highest BCUT2D eigenvalue weighted by Crippen LogP contribution is 1.82. The van der Waals surface area contributed by atoms with Gasteiger partial charge in [-0.3, -0.25) is 4.79 Å². The van der Waals surface area contributed by atoms with Crippen LogP contribution in [0.5, 0.6) is 0 Å². The summed E-state index contributed by atoms with van der Waals surface area (Å²) in [4.78, 5) is 10.5. The van der Waals surface area contributed by atoms with Crippen LogP contribution in [0.1, 0.15) is 34.6 Å². The molecule has 0 rings (SSSR count). The molecule has 5 nitrogen and oxygen atoms in total. The number of rotatable bonds is 12. The van der Waals surface area contributed by atoms with Crippen molar-refractivity contribution in [3.05, 3.63) is 0 Å². The molecule has 0 heterocycles. The normalized spacial score (nSPS) is 10.2. The van der Waals surface area contributed by atoms with Crippen LogP contribution >= 0.6 is 0 Å². The van der Waals surface area contributed by atoms with Crippen molar-refractivity contribution in [2.45, 2.75) is 40.7 Å². The van der Waals surface area contributed by atoms with Crippen molar-refractivity contribution in [2.24, 2.45) is 0 Å². The maximum Gasteiger partial charge on any atom is 0.155 e. The van der Waals surface area contributed by atoms with Crippen LogP contribution in [0.2, 0.25) is 0 Å². The molecule has 0 saturated heterocycles. The number of hydrogen-bond donors (Lipinski definition) is 1. The minimum absolute atomic E-state index is 0.0333. The summed E-state index contributed by atoms with van der Waals surface area (Å²) in [5.41, 5.74) is 0. The molecule has 0 bridgehead atoms. The molecule has 0 saturated carbocycles. The molecule has 0 atom stereocenters. The Morgan fingerprint density at radius 3 is 1.89 bits per heavy atom. The van der Waals surface area contributed by atoms with Crippen molar-refractivity contribution in [1.82, 2.24) is 5.32 Å². The van der Waals surface area contributed by atoms with E-state index in [1.54, 1.807) is 0 Å². The van der Waals surface area contributed by atoms with Gasteiger partial charge >= 0.3 is 0 Å². The van der Waals surface area contributed by atoms with Crippen LogP contribution in [0.3, 0.4) is 0 Å². The first-order valence-corrected chi connectivity index (χ1v) is 7.09. The van der Waals surface area contributed by atoms with E-state index in [1.165, 1.54) is 6.92 Å². The highest BCUT2D eigenvalue weighted by atomic mass is 16.5. The molecule has 116 valence electrons. The zero-order chi connectivity index (χ0) is 14.9. The van der Waals surface area contributed by atoms with Gasteiger partial charge in [-0.2, -0.15) is 0 Å². The first-order valence-electron chi connectivity index (χ1n) is 7.09. The molecule has 1 N–H and O–H groups in total. The number of carbonyl (C=O) groups excluding carboxylic acids is 1. The van der Waals surface area contributed by atoms with Crippen molar-refractivity contribution in [3.63, 3.8) is 0 Å². The average molecular weight is 277 g/mol. The molecule has 5 heteroatoms. The van der Waals surface area contributed by atoms with Crippen molar-refractivity contribution in [1.29, 1.82) is 0 Å². The van der Waals surface area contributed by atoms with Crippen LogP contribution < -0.4 is 5.32 Å². The van der Waals surface area contributed by atoms with E-state index >= 15 is 0 Å². The summed E-state index contributed by atoms with van der Waals surface area (Å²) in [7, 11) is 0. The van der Waals surface area contributed by atoms with Crippen LogP contribution in [-0.4, -0.2) is 58.0 Å². The predicted molar refractivity (Wildman–Crippen MR) is 77.6 cm³/mol. The van der Waals surface area contributed by atoms with Crippen LogP contribution in [0, 0.1) is 0 Å². The molecule has 0 fully saturated rings. The fourth-order valence-corrected chi connectivity index (χ4v) is 1.08. The molecule has 0 aliphatic rings. The van der Waals surface area contributed by atoms with E-state index in [1.807, 2.05) is 13.8 Å². The largest absolute Gasteiger partial charge is 0.378 e. The quantitative estimate of drug-likeness (QED) is 0.550. The Morgan fingerprint density at radius 1 is 0.947 bits per heavy atom. The van der Waals surface area contributed by atoms with E-state index in [2.05, 4.69) is 19.2 Å². The van der Waals surface area contributed by atoms with E-state index in [0.29, 0.717) is 39.1 Å². The number of carbonyl (C=O) groups is 1. The Bertz CT molecular complexity index is 186. The van der Waals surface area contributed by atoms with Crippen LogP contribution in [0.4, 0.5) is 0 Å². The molecule has 0 aromatic heterocycles. The second kappa shape index (κ2) is 17.5. The van der Waals surface area contributed by atoms with E-state index in [4.69, 9.17) is 14.2 Å². The van der Waals surface area contributed by atoms with Crippen LogP contribution in [0.25, 0.3) is 0 Å². The lowest BCUT2D eigenvalue weighted by Crippen LogP contribution is -2.27. The van der Waals surface area contributed by atoms with Crippen molar-refractivity contribution < 1.29 is 19.0 Å². The van der Waals surface area contributed by atoms with Gasteiger partial charge in [-0.25, -0.2) is 0 Å². The Kier molecular flexibility index (Phi) is 19.2. The second-order valence-corrected chi connectivity index (χ2v) is 4.09. The summed E-state index contributed by atoms with van der Waals surface area (Å²) >= 11 is 0. The molecule has 0 spiro atoms. The van der Waals surface area contributed by atoms with Gasteiger partial charge < -0.3 is 19.5 Å². The third-order valence-electron chi connectivity index (χ3n) is 1.85. The maximum atomic E-state index is 10.5. The summed E-state index contributed by atoms with van der Waals surface area (Å²) in [5.74, 6) is 0.0333. The average Bonchev–Trinajstić information content (AvgIpc) is 2.37. The SMILES string of the molecule is CC.CC(=O)COCCOCCOCCNC(C)C. The molecule has 0 aromatic carbocycles. The van der Waals surface area contributed by atoms with E-state index < -0.39 is 0 Å². The summed E-state index contributed by atoms with van der Waals surface area (Å²) in [5, 5.41) is 3.26. The van der Waals surface area contributed by atoms with Crippen molar-refractivity contribution in [2.75, 3.05) is 46.2 Å². The molecule has 0 aliphatic heterocycles. The van der Waals surface area contributed by atoms with Gasteiger partial charge in [-0.1, -0.05) is 27.7 Å². The predicted octanol–water partition coefficient (Wildman–Crippen LogP) is 1.65. The third-order valence-corrected chi connectivity index (χ3v) is 1.85. The first-order chi connectivity index (χ1) is 9.13. The van der Waals surface area contributed by atoms with Gasteiger partial charge in [0.1, 0.15) is 6.61 Å². The van der Waals surface area contributed by atoms with Gasteiger partial charge in [-0.05, 0) is 6.92 Å². The number of ketones is 1. The summed E-state index contributed by atoms with van der Waals surface area (Å²) < 4.78 is 15.6. The minimum Gasteiger partial charge on any atom is -0.378 e. The molecular weight excluding hydrogens is 246 g/mol. The van der Waals surface area contributed by atoms with Gasteiger partial charge in [0.05, 0.1) is 33.0 Å². The van der Waals surface area contributed by atoms with Gasteiger partial charge in [0.15, 0.2) is 5.78 Å². The standard InChI is InChI=1S/C12H25NO4.C2H6/c1-11(2)13-4-5-15-6-7-16-8-9-17-10-12(3)14;1-2/h11,13H,4-10H2,1-3H3;1-2H3. The minimum atomic E-state index is 0.0333. The summed E-state index contributed by atoms with van der Waals surface area (Å²) in [6.45, 7) is 13.5. The Balaban J connectivity index is 0. The smallest absolute Gasteiger partial charge is 0.155 e. The highest BCUT2D eigenvalue weighted by molar-refractivity contribution is 5.76. The fourth-order valence-electron chi connectivity index (χ4n) is 1.08. The lowest BCUT2D eigenvalue weighted by molar-refractivity contribution is -0.122. The highest BCUT2D eigenvalue weighted by Gasteiger charge is 1.94. The van der Waals surface area contributed by atoms with E-state index in [0.717, 1.165) is 6.54 Å². The monoisotopic (exact) mass is 277 g/mol. The van der Waals surface area contributed by atoms with Gasteiger partial charge in [0.25, 0.3) is 0 Å². The summed E-state index contributed by atoms with van der Waals surface area (Å²) in [6, 6.07) is 0.494. The second-order valence-electron chi connectivity index (χ2n) is 4.09. The maximum absolute atomic E-state index is 10.5. The lowest BCUT2D eigenvalue weighted by atomic mass is 10.4. The number of ether oxygens (including phenoxy) is 3. The zero-order valence-electron chi connectivity index (χ0n) is 13.2. The van der Waals surface area contributed by atoms with Crippen molar-refractivity contribution in [3.8, 4) is 0 Å². The Hall–Kier alpha value is -0.490. The van der Waals surface area contributed by atoms with Crippen molar-refractivity contribution >= 4 is 5.78 Å². The Labute approximate surface area is 118 Å². The fraction of sp³-hybridized carbons (Fsp3) is 0.929. The molecule has 0 radical (unpaired) electrons. The third kappa shape index (κ3) is 23.1. The van der Waals surface area contributed by atoms with Gasteiger partial charge in [0, 0.05) is 12.6 Å². The summed E-state index contributed by atoms with van der Waals surface area (Å²) in [6.07, 6.45) is 0. The number of Topliss-reactive ketones (excluding diaryl/α,β-unsaturated/α-hetero) is 1. The molecule has 0 amide bonds. The lowest BCUT2D eigenvalue weighted by Gasteiger charge is -2.08. The first kappa shape index (κ1) is 20.8. The van der Waals surface area contributed by atoms with Crippen LogP contribution in [0.15, 0.2) is 0 Å². The molecule has 19 heavy (non-hydrogen) atoms. The number of nitrogens with one attached hydrogen (secondary N) is 1.